The molecule has 1 unspecified atom stereocenters. The second-order valence-electron chi connectivity index (χ2n) is 4.66. The van der Waals surface area contributed by atoms with Crippen LogP contribution in [-0.4, -0.2) is 52.0 Å². The van der Waals surface area contributed by atoms with Gasteiger partial charge in [-0.15, -0.1) is 0 Å². The molecule has 21 heavy (non-hydrogen) atoms. The molecule has 1 aliphatic heterocycles. The van der Waals surface area contributed by atoms with Crippen LogP contribution in [0.3, 0.4) is 0 Å². The van der Waals surface area contributed by atoms with E-state index in [1.807, 2.05) is 6.07 Å². The average Bonchev–Trinajstić information content (AvgIpc) is 2.97. The minimum Gasteiger partial charge on any atom is -0.454 e. The van der Waals surface area contributed by atoms with Gasteiger partial charge in [0, 0.05) is 20.3 Å². The third-order valence-corrected chi connectivity index (χ3v) is 3.07. The molecule has 0 saturated carbocycles. The Balaban J connectivity index is 1.60. The van der Waals surface area contributed by atoms with Crippen LogP contribution in [0.4, 0.5) is 0 Å². The number of ether oxygens (including phenoxy) is 5. The van der Waals surface area contributed by atoms with E-state index in [0.29, 0.717) is 37.9 Å². The highest BCUT2D eigenvalue weighted by Gasteiger charge is 2.16. The molecule has 1 heterocycles. The van der Waals surface area contributed by atoms with Crippen LogP contribution >= 0.6 is 0 Å². The number of benzene rings is 1. The van der Waals surface area contributed by atoms with Crippen molar-refractivity contribution < 1.29 is 28.8 Å². The number of aliphatic hydroxyl groups is 1. The lowest BCUT2D eigenvalue weighted by Gasteiger charge is -2.12. The summed E-state index contributed by atoms with van der Waals surface area (Å²) in [6.45, 7) is 2.85. The predicted octanol–water partition coefficient (Wildman–Crippen LogP) is 1.52. The van der Waals surface area contributed by atoms with E-state index in [-0.39, 0.29) is 13.4 Å². The van der Waals surface area contributed by atoms with Gasteiger partial charge >= 0.3 is 0 Å². The van der Waals surface area contributed by atoms with Gasteiger partial charge in [0.25, 0.3) is 0 Å². The molecule has 1 aliphatic rings. The molecule has 0 bridgehead atoms. The van der Waals surface area contributed by atoms with Crippen molar-refractivity contribution in [2.24, 2.45) is 0 Å². The molecule has 1 aromatic carbocycles. The summed E-state index contributed by atoms with van der Waals surface area (Å²) >= 11 is 0. The van der Waals surface area contributed by atoms with Crippen LogP contribution in [0.5, 0.6) is 11.5 Å². The third kappa shape index (κ3) is 5.17. The van der Waals surface area contributed by atoms with Crippen molar-refractivity contribution in [3.8, 4) is 11.5 Å². The first-order valence-electron chi connectivity index (χ1n) is 7.03. The molecule has 0 aromatic heterocycles. The van der Waals surface area contributed by atoms with Crippen LogP contribution in [0.25, 0.3) is 0 Å². The number of hydrogen-bond donors (Lipinski definition) is 1. The van der Waals surface area contributed by atoms with Gasteiger partial charge in [0.2, 0.25) is 6.79 Å². The summed E-state index contributed by atoms with van der Waals surface area (Å²) in [5.41, 5.74) is 0.760. The lowest BCUT2D eigenvalue weighted by molar-refractivity contribution is 0.0181. The van der Waals surface area contributed by atoms with Gasteiger partial charge in [-0.3, -0.25) is 0 Å². The van der Waals surface area contributed by atoms with E-state index < -0.39 is 6.10 Å². The minimum atomic E-state index is -0.672. The smallest absolute Gasteiger partial charge is 0.231 e. The largest absolute Gasteiger partial charge is 0.454 e. The molecule has 1 N–H and O–H groups in total. The number of aliphatic hydroxyl groups excluding tert-OH is 1. The molecule has 0 fully saturated rings. The van der Waals surface area contributed by atoms with E-state index in [2.05, 4.69) is 0 Å². The minimum absolute atomic E-state index is 0.231. The summed E-state index contributed by atoms with van der Waals surface area (Å²) in [7, 11) is 1.64. The van der Waals surface area contributed by atoms with Gasteiger partial charge in [-0.25, -0.2) is 0 Å². The van der Waals surface area contributed by atoms with E-state index in [1.54, 1.807) is 19.2 Å². The zero-order valence-electron chi connectivity index (χ0n) is 12.2. The summed E-state index contributed by atoms with van der Waals surface area (Å²) in [6.07, 6.45) is 0.117. The lowest BCUT2D eigenvalue weighted by Crippen LogP contribution is -2.10. The van der Waals surface area contributed by atoms with Gasteiger partial charge in [-0.1, -0.05) is 6.07 Å². The predicted molar refractivity (Wildman–Crippen MR) is 75.7 cm³/mol. The Hall–Kier alpha value is -1.34. The lowest BCUT2D eigenvalue weighted by atomic mass is 10.1. The highest BCUT2D eigenvalue weighted by molar-refractivity contribution is 5.45. The van der Waals surface area contributed by atoms with Crippen LogP contribution in [-0.2, 0) is 14.2 Å². The van der Waals surface area contributed by atoms with Crippen molar-refractivity contribution in [3.63, 3.8) is 0 Å². The fraction of sp³-hybridized carbons (Fsp3) is 0.600. The number of rotatable bonds is 10. The molecule has 0 amide bonds. The monoisotopic (exact) mass is 298 g/mol. The molecule has 2 rings (SSSR count). The van der Waals surface area contributed by atoms with Crippen LogP contribution in [0.15, 0.2) is 18.2 Å². The Morgan fingerprint density at radius 3 is 2.76 bits per heavy atom. The molecule has 0 aliphatic carbocycles. The van der Waals surface area contributed by atoms with Crippen LogP contribution in [0.1, 0.15) is 18.1 Å². The van der Waals surface area contributed by atoms with Crippen molar-refractivity contribution in [2.45, 2.75) is 12.5 Å². The Kier molecular flexibility index (Phi) is 6.75. The zero-order chi connectivity index (χ0) is 14.9. The Bertz CT molecular complexity index is 423. The van der Waals surface area contributed by atoms with Gasteiger partial charge < -0.3 is 28.8 Å². The van der Waals surface area contributed by atoms with E-state index in [9.17, 15) is 5.11 Å². The quantitative estimate of drug-likeness (QED) is 0.661. The molecule has 118 valence electrons. The normalized spacial score (nSPS) is 14.4. The molecular formula is C15H22O6. The molecule has 6 heteroatoms. The first-order valence-corrected chi connectivity index (χ1v) is 7.03. The van der Waals surface area contributed by atoms with Crippen LogP contribution in [0, 0.1) is 0 Å². The zero-order valence-corrected chi connectivity index (χ0v) is 12.2. The maximum atomic E-state index is 10.1. The molecule has 0 radical (unpaired) electrons. The van der Waals surface area contributed by atoms with Gasteiger partial charge in [-0.2, -0.15) is 0 Å². The Morgan fingerprint density at radius 2 is 1.90 bits per heavy atom. The molecular weight excluding hydrogens is 276 g/mol. The van der Waals surface area contributed by atoms with Crippen molar-refractivity contribution in [2.75, 3.05) is 46.9 Å². The summed E-state index contributed by atoms with van der Waals surface area (Å²) in [5, 5.41) is 10.1. The fourth-order valence-corrected chi connectivity index (χ4v) is 1.92. The van der Waals surface area contributed by atoms with E-state index in [4.69, 9.17) is 23.7 Å². The molecule has 6 nitrogen and oxygen atoms in total. The average molecular weight is 298 g/mol. The van der Waals surface area contributed by atoms with Crippen LogP contribution < -0.4 is 9.47 Å². The standard InChI is InChI=1S/C15H22O6/c1-17-7-8-18-5-2-6-19-10-13(16)12-3-4-14-15(9-12)21-11-20-14/h3-4,9,13,16H,2,5-8,10-11H2,1H3. The SMILES string of the molecule is COCCOCCCOCC(O)c1ccc2c(c1)OCO2. The second-order valence-corrected chi connectivity index (χ2v) is 4.66. The third-order valence-electron chi connectivity index (χ3n) is 3.07. The van der Waals surface area contributed by atoms with Crippen molar-refractivity contribution in [1.29, 1.82) is 0 Å². The van der Waals surface area contributed by atoms with E-state index in [0.717, 1.165) is 12.0 Å². The first kappa shape index (κ1) is 16.0. The van der Waals surface area contributed by atoms with Crippen molar-refractivity contribution in [1.82, 2.24) is 0 Å². The van der Waals surface area contributed by atoms with E-state index >= 15 is 0 Å². The highest BCUT2D eigenvalue weighted by Crippen LogP contribution is 2.34. The molecule has 0 saturated heterocycles. The first-order chi connectivity index (χ1) is 10.3. The maximum absolute atomic E-state index is 10.1. The summed E-state index contributed by atoms with van der Waals surface area (Å²) < 4.78 is 26.1. The molecule has 1 aromatic rings. The van der Waals surface area contributed by atoms with Gasteiger partial charge in [-0.05, 0) is 24.1 Å². The van der Waals surface area contributed by atoms with Crippen molar-refractivity contribution >= 4 is 0 Å². The fourth-order valence-electron chi connectivity index (χ4n) is 1.92. The van der Waals surface area contributed by atoms with Crippen LogP contribution in [0.2, 0.25) is 0 Å². The summed E-state index contributed by atoms with van der Waals surface area (Å²) in [5.74, 6) is 1.37. The topological polar surface area (TPSA) is 66.4 Å². The Labute approximate surface area is 124 Å². The summed E-state index contributed by atoms with van der Waals surface area (Å²) in [6, 6.07) is 5.39. The number of hydrogen-bond acceptors (Lipinski definition) is 6. The highest BCUT2D eigenvalue weighted by atomic mass is 16.7. The Morgan fingerprint density at radius 1 is 1.10 bits per heavy atom. The van der Waals surface area contributed by atoms with Gasteiger partial charge in [0.15, 0.2) is 11.5 Å². The van der Waals surface area contributed by atoms with Gasteiger partial charge in [0.05, 0.1) is 19.8 Å². The summed E-state index contributed by atoms with van der Waals surface area (Å²) in [4.78, 5) is 0. The number of methoxy groups -OCH3 is 1. The van der Waals surface area contributed by atoms with E-state index in [1.165, 1.54) is 0 Å². The maximum Gasteiger partial charge on any atom is 0.231 e. The van der Waals surface area contributed by atoms with Gasteiger partial charge in [0.1, 0.15) is 6.10 Å². The molecule has 1 atom stereocenters. The second kappa shape index (κ2) is 8.84. The molecule has 0 spiro atoms. The number of fused-ring (bicyclic) bond motifs is 1. The van der Waals surface area contributed by atoms with Crippen molar-refractivity contribution in [3.05, 3.63) is 23.8 Å².